The minimum Gasteiger partial charge on any atom is -0.362 e. The molecule has 0 saturated carbocycles. The molecule has 3 heteroatoms. The van der Waals surface area contributed by atoms with Crippen LogP contribution in [0.1, 0.15) is 37.7 Å². The van der Waals surface area contributed by atoms with Crippen LogP contribution in [0.2, 0.25) is 0 Å². The number of rotatable bonds is 1. The summed E-state index contributed by atoms with van der Waals surface area (Å²) < 4.78 is 1.06. The van der Waals surface area contributed by atoms with Crippen LogP contribution in [0.5, 0.6) is 0 Å². The molecule has 0 aromatic heterocycles. The number of hydrogen-bond acceptors (Lipinski definition) is 2. The van der Waals surface area contributed by atoms with Gasteiger partial charge in [-0.05, 0) is 37.5 Å². The van der Waals surface area contributed by atoms with Gasteiger partial charge in [-0.15, -0.1) is 0 Å². The predicted molar refractivity (Wildman–Crippen MR) is 79.7 cm³/mol. The minimum absolute atomic E-state index is 0.0987. The molecule has 0 radical (unpaired) electrons. The van der Waals surface area contributed by atoms with E-state index in [0.29, 0.717) is 12.2 Å². The maximum atomic E-state index is 12.3. The van der Waals surface area contributed by atoms with Crippen LogP contribution in [0.4, 0.5) is 0 Å². The largest absolute Gasteiger partial charge is 0.362 e. The molecule has 1 atom stereocenters. The molecule has 0 amide bonds. The van der Waals surface area contributed by atoms with E-state index >= 15 is 0 Å². The Hall–Kier alpha value is -1.35. The van der Waals surface area contributed by atoms with Crippen molar-refractivity contribution in [2.45, 2.75) is 32.1 Å². The third-order valence-corrected chi connectivity index (χ3v) is 4.23. The standard InChI is InChI=1S/C16H16BrNO/c1-10-8-13(11-4-2-5-12(17)9-11)16-14(18-10)6-3-7-15(16)19/h2,4-5,8-9,13,18H,3,6-7H2,1H3. The molecule has 1 aliphatic heterocycles. The van der Waals surface area contributed by atoms with Crippen LogP contribution in [0.3, 0.4) is 0 Å². The van der Waals surface area contributed by atoms with Gasteiger partial charge in [-0.3, -0.25) is 4.79 Å². The van der Waals surface area contributed by atoms with E-state index in [4.69, 9.17) is 0 Å². The highest BCUT2D eigenvalue weighted by atomic mass is 79.9. The van der Waals surface area contributed by atoms with E-state index in [9.17, 15) is 4.79 Å². The first-order chi connectivity index (χ1) is 9.15. The summed E-state index contributed by atoms with van der Waals surface area (Å²) in [4.78, 5) is 12.3. The molecule has 1 aliphatic carbocycles. The Labute approximate surface area is 121 Å². The van der Waals surface area contributed by atoms with Crippen molar-refractivity contribution < 1.29 is 4.79 Å². The van der Waals surface area contributed by atoms with Crippen LogP contribution in [-0.4, -0.2) is 5.78 Å². The lowest BCUT2D eigenvalue weighted by Crippen LogP contribution is -2.28. The first-order valence-electron chi connectivity index (χ1n) is 6.62. The molecular weight excluding hydrogens is 302 g/mol. The molecule has 1 unspecified atom stereocenters. The molecule has 0 saturated heterocycles. The molecule has 98 valence electrons. The Bertz CT molecular complexity index is 601. The van der Waals surface area contributed by atoms with Gasteiger partial charge in [0.25, 0.3) is 0 Å². The lowest BCUT2D eigenvalue weighted by Gasteiger charge is -2.30. The highest BCUT2D eigenvalue weighted by Crippen LogP contribution is 2.37. The number of benzene rings is 1. The Kier molecular flexibility index (Phi) is 3.31. The maximum Gasteiger partial charge on any atom is 0.161 e. The molecule has 0 fully saturated rings. The second-order valence-corrected chi connectivity index (χ2v) is 6.09. The zero-order valence-corrected chi connectivity index (χ0v) is 12.5. The van der Waals surface area contributed by atoms with Crippen molar-refractivity contribution in [3.8, 4) is 0 Å². The zero-order valence-electron chi connectivity index (χ0n) is 10.9. The van der Waals surface area contributed by atoms with E-state index in [1.807, 2.05) is 12.1 Å². The van der Waals surface area contributed by atoms with Crippen molar-refractivity contribution in [3.05, 3.63) is 57.3 Å². The van der Waals surface area contributed by atoms with Crippen LogP contribution < -0.4 is 5.32 Å². The maximum absolute atomic E-state index is 12.3. The van der Waals surface area contributed by atoms with E-state index in [1.165, 1.54) is 5.56 Å². The van der Waals surface area contributed by atoms with Crippen molar-refractivity contribution in [3.63, 3.8) is 0 Å². The first-order valence-corrected chi connectivity index (χ1v) is 7.41. The molecule has 19 heavy (non-hydrogen) atoms. The topological polar surface area (TPSA) is 29.1 Å². The van der Waals surface area contributed by atoms with Gasteiger partial charge in [0.2, 0.25) is 0 Å². The van der Waals surface area contributed by atoms with Gasteiger partial charge in [-0.25, -0.2) is 0 Å². The van der Waals surface area contributed by atoms with E-state index in [-0.39, 0.29) is 5.92 Å². The Morgan fingerprint density at radius 2 is 2.16 bits per heavy atom. The summed E-state index contributed by atoms with van der Waals surface area (Å²) in [6, 6.07) is 8.24. The molecule has 1 N–H and O–H groups in total. The average molecular weight is 318 g/mol. The normalized spacial score (nSPS) is 22.7. The summed E-state index contributed by atoms with van der Waals surface area (Å²) in [6.45, 7) is 2.06. The summed E-state index contributed by atoms with van der Waals surface area (Å²) >= 11 is 3.51. The summed E-state index contributed by atoms with van der Waals surface area (Å²) in [5.41, 5.74) is 4.41. The van der Waals surface area contributed by atoms with Crippen molar-refractivity contribution in [2.75, 3.05) is 0 Å². The Morgan fingerprint density at radius 3 is 2.95 bits per heavy atom. The fourth-order valence-electron chi connectivity index (χ4n) is 2.93. The summed E-state index contributed by atoms with van der Waals surface area (Å²) in [5.74, 6) is 0.393. The smallest absolute Gasteiger partial charge is 0.161 e. The number of carbonyl (C=O) groups excluding carboxylic acids is 1. The molecule has 1 aromatic carbocycles. The number of ketones is 1. The second kappa shape index (κ2) is 4.97. The van der Waals surface area contributed by atoms with Gasteiger partial charge < -0.3 is 5.32 Å². The predicted octanol–water partition coefficient (Wildman–Crippen LogP) is 4.05. The van der Waals surface area contributed by atoms with Crippen molar-refractivity contribution in [1.29, 1.82) is 0 Å². The van der Waals surface area contributed by atoms with Gasteiger partial charge in [-0.1, -0.05) is 34.1 Å². The lowest BCUT2D eigenvalue weighted by molar-refractivity contribution is -0.116. The quantitative estimate of drug-likeness (QED) is 0.846. The lowest BCUT2D eigenvalue weighted by atomic mass is 9.80. The van der Waals surface area contributed by atoms with Gasteiger partial charge in [0.05, 0.1) is 0 Å². The van der Waals surface area contributed by atoms with Crippen LogP contribution in [0, 0.1) is 0 Å². The highest BCUT2D eigenvalue weighted by Gasteiger charge is 2.30. The molecule has 0 spiro atoms. The molecule has 0 bridgehead atoms. The van der Waals surface area contributed by atoms with E-state index < -0.39 is 0 Å². The number of halogens is 1. The molecule has 1 heterocycles. The van der Waals surface area contributed by atoms with Crippen molar-refractivity contribution in [1.82, 2.24) is 5.32 Å². The number of hydrogen-bond donors (Lipinski definition) is 1. The van der Waals surface area contributed by atoms with Gasteiger partial charge in [0, 0.05) is 33.8 Å². The second-order valence-electron chi connectivity index (χ2n) is 5.18. The van der Waals surface area contributed by atoms with E-state index in [0.717, 1.165) is 34.3 Å². The summed E-state index contributed by atoms with van der Waals surface area (Å²) in [5, 5.41) is 3.37. The van der Waals surface area contributed by atoms with Crippen LogP contribution in [0.25, 0.3) is 0 Å². The summed E-state index contributed by atoms with van der Waals surface area (Å²) in [7, 11) is 0. The molecule has 2 aliphatic rings. The van der Waals surface area contributed by atoms with Gasteiger partial charge >= 0.3 is 0 Å². The third kappa shape index (κ3) is 2.39. The third-order valence-electron chi connectivity index (χ3n) is 3.74. The monoisotopic (exact) mass is 317 g/mol. The highest BCUT2D eigenvalue weighted by molar-refractivity contribution is 9.10. The van der Waals surface area contributed by atoms with Crippen LogP contribution in [0.15, 0.2) is 51.8 Å². The molecular formula is C16H16BrNO. The van der Waals surface area contributed by atoms with Crippen molar-refractivity contribution >= 4 is 21.7 Å². The first kappa shape index (κ1) is 12.7. The fourth-order valence-corrected chi connectivity index (χ4v) is 3.35. The van der Waals surface area contributed by atoms with Crippen molar-refractivity contribution in [2.24, 2.45) is 0 Å². The number of Topliss-reactive ketones (excluding diaryl/α,β-unsaturated/α-hetero) is 1. The van der Waals surface area contributed by atoms with Gasteiger partial charge in [0.15, 0.2) is 5.78 Å². The van der Waals surface area contributed by atoms with Crippen LogP contribution >= 0.6 is 15.9 Å². The number of carbonyl (C=O) groups is 1. The molecule has 2 nitrogen and oxygen atoms in total. The summed E-state index contributed by atoms with van der Waals surface area (Å²) in [6.07, 6.45) is 4.78. The SMILES string of the molecule is CC1=CC(c2cccc(Br)c2)C2=C(CCCC2=O)N1. The Morgan fingerprint density at radius 1 is 1.32 bits per heavy atom. The number of allylic oxidation sites excluding steroid dienone is 4. The van der Waals surface area contributed by atoms with Gasteiger partial charge in [-0.2, -0.15) is 0 Å². The molecule has 1 aromatic rings. The number of nitrogens with one attached hydrogen (secondary N) is 1. The van der Waals surface area contributed by atoms with E-state index in [2.05, 4.69) is 46.4 Å². The minimum atomic E-state index is 0.0987. The fraction of sp³-hybridized carbons (Fsp3) is 0.312. The Balaban J connectivity index is 2.09. The number of dihydropyridines is 1. The van der Waals surface area contributed by atoms with E-state index in [1.54, 1.807) is 0 Å². The average Bonchev–Trinajstić information content (AvgIpc) is 2.37. The van der Waals surface area contributed by atoms with Crippen LogP contribution in [-0.2, 0) is 4.79 Å². The zero-order chi connectivity index (χ0) is 13.4. The van der Waals surface area contributed by atoms with Gasteiger partial charge in [0.1, 0.15) is 0 Å². The molecule has 3 rings (SSSR count).